The van der Waals surface area contributed by atoms with Crippen molar-refractivity contribution in [2.45, 2.75) is 19.5 Å². The van der Waals surface area contributed by atoms with Gasteiger partial charge in [0.2, 0.25) is 0 Å². The fourth-order valence-electron chi connectivity index (χ4n) is 2.67. The third kappa shape index (κ3) is 2.71. The molecule has 0 bridgehead atoms. The molecule has 0 amide bonds. The molecule has 106 valence electrons. The molecule has 0 aliphatic carbocycles. The molecule has 20 heavy (non-hydrogen) atoms. The van der Waals surface area contributed by atoms with Crippen LogP contribution in [-0.2, 0) is 6.54 Å². The van der Waals surface area contributed by atoms with Crippen LogP contribution in [0.1, 0.15) is 12.7 Å². The van der Waals surface area contributed by atoms with Gasteiger partial charge in [-0.15, -0.1) is 5.10 Å². The summed E-state index contributed by atoms with van der Waals surface area (Å²) in [4.78, 5) is 4.80. The van der Waals surface area contributed by atoms with Crippen LogP contribution >= 0.6 is 0 Å². The average molecular weight is 272 g/mol. The van der Waals surface area contributed by atoms with Crippen LogP contribution in [0.2, 0.25) is 0 Å². The molecular weight excluding hydrogens is 252 g/mol. The van der Waals surface area contributed by atoms with Crippen molar-refractivity contribution in [3.8, 4) is 5.69 Å². The molecule has 1 aromatic heterocycles. The average Bonchev–Trinajstić information content (AvgIpc) is 2.91. The molecule has 2 aromatic rings. The Bertz CT molecular complexity index is 552. The van der Waals surface area contributed by atoms with Gasteiger partial charge in [0.25, 0.3) is 0 Å². The molecule has 0 unspecified atom stereocenters. The second-order valence-corrected chi connectivity index (χ2v) is 5.42. The first-order chi connectivity index (χ1) is 9.74. The van der Waals surface area contributed by atoms with Crippen molar-refractivity contribution >= 4 is 0 Å². The fraction of sp³-hybridized carbons (Fsp3) is 0.500. The van der Waals surface area contributed by atoms with Crippen molar-refractivity contribution in [2.75, 3.05) is 26.7 Å². The minimum atomic E-state index is 0.523. The molecule has 1 aliphatic rings. The third-order valence-corrected chi connectivity index (χ3v) is 3.85. The Kier molecular flexibility index (Phi) is 3.75. The van der Waals surface area contributed by atoms with Crippen molar-refractivity contribution < 1.29 is 0 Å². The van der Waals surface area contributed by atoms with E-state index < -0.39 is 0 Å². The number of tetrazole rings is 1. The van der Waals surface area contributed by atoms with E-state index in [1.807, 2.05) is 35.0 Å². The van der Waals surface area contributed by atoms with Crippen LogP contribution in [0.15, 0.2) is 30.3 Å². The Morgan fingerprint density at radius 1 is 1.20 bits per heavy atom. The number of piperazine rings is 1. The summed E-state index contributed by atoms with van der Waals surface area (Å²) in [7, 11) is 2.17. The number of para-hydroxylation sites is 1. The third-order valence-electron chi connectivity index (χ3n) is 3.85. The highest BCUT2D eigenvalue weighted by Crippen LogP contribution is 2.13. The van der Waals surface area contributed by atoms with Gasteiger partial charge in [-0.25, -0.2) is 0 Å². The van der Waals surface area contributed by atoms with E-state index >= 15 is 0 Å². The van der Waals surface area contributed by atoms with Crippen LogP contribution in [0.3, 0.4) is 0 Å². The molecule has 0 N–H and O–H groups in total. The van der Waals surface area contributed by atoms with E-state index in [2.05, 4.69) is 39.3 Å². The highest BCUT2D eigenvalue weighted by Gasteiger charge is 2.23. The summed E-state index contributed by atoms with van der Waals surface area (Å²) in [6, 6.07) is 10.6. The van der Waals surface area contributed by atoms with E-state index in [0.29, 0.717) is 6.04 Å². The van der Waals surface area contributed by atoms with Crippen molar-refractivity contribution in [2.24, 2.45) is 0 Å². The molecule has 6 nitrogen and oxygen atoms in total. The number of aromatic nitrogens is 4. The summed E-state index contributed by atoms with van der Waals surface area (Å²) in [6.45, 7) is 6.28. The van der Waals surface area contributed by atoms with Gasteiger partial charge in [-0.05, 0) is 36.5 Å². The summed E-state index contributed by atoms with van der Waals surface area (Å²) in [5, 5.41) is 12.1. The second-order valence-electron chi connectivity index (χ2n) is 5.42. The molecule has 1 aliphatic heterocycles. The largest absolute Gasteiger partial charge is 0.304 e. The lowest BCUT2D eigenvalue weighted by molar-refractivity contribution is 0.0908. The van der Waals surface area contributed by atoms with Gasteiger partial charge in [0.1, 0.15) is 0 Å². The number of nitrogens with zero attached hydrogens (tertiary/aromatic N) is 6. The molecule has 1 atom stereocenters. The smallest absolute Gasteiger partial charge is 0.170 e. The van der Waals surface area contributed by atoms with E-state index in [4.69, 9.17) is 0 Å². The van der Waals surface area contributed by atoms with Gasteiger partial charge in [-0.1, -0.05) is 18.2 Å². The summed E-state index contributed by atoms with van der Waals surface area (Å²) in [6.07, 6.45) is 0. The van der Waals surface area contributed by atoms with Crippen molar-refractivity contribution in [3.05, 3.63) is 36.2 Å². The normalized spacial score (nSPS) is 21.2. The van der Waals surface area contributed by atoms with E-state index in [0.717, 1.165) is 37.7 Å². The van der Waals surface area contributed by atoms with Crippen LogP contribution < -0.4 is 0 Å². The van der Waals surface area contributed by atoms with Crippen molar-refractivity contribution in [1.29, 1.82) is 0 Å². The molecule has 0 saturated carbocycles. The summed E-state index contributed by atoms with van der Waals surface area (Å²) < 4.78 is 1.82. The van der Waals surface area contributed by atoms with Gasteiger partial charge >= 0.3 is 0 Å². The Morgan fingerprint density at radius 2 is 2.00 bits per heavy atom. The maximum absolute atomic E-state index is 4.19. The summed E-state index contributed by atoms with van der Waals surface area (Å²) in [5.41, 5.74) is 1.01. The topological polar surface area (TPSA) is 50.1 Å². The highest BCUT2D eigenvalue weighted by atomic mass is 15.5. The monoisotopic (exact) mass is 272 g/mol. The zero-order valence-corrected chi connectivity index (χ0v) is 12.0. The van der Waals surface area contributed by atoms with Crippen LogP contribution in [0.4, 0.5) is 0 Å². The minimum Gasteiger partial charge on any atom is -0.304 e. The SMILES string of the molecule is C[C@@H]1CN(C)CCN1Cc1nnnn1-c1ccccc1. The second kappa shape index (κ2) is 5.68. The standard InChI is InChI=1S/C14H20N6/c1-12-10-18(2)8-9-19(12)11-14-15-16-17-20(14)13-6-4-3-5-7-13/h3-7,12H,8-11H2,1-2H3/t12-/m1/s1. The Balaban J connectivity index is 1.77. The molecule has 1 fully saturated rings. The maximum atomic E-state index is 4.19. The van der Waals surface area contributed by atoms with E-state index in [9.17, 15) is 0 Å². The zero-order valence-electron chi connectivity index (χ0n) is 12.0. The van der Waals surface area contributed by atoms with Crippen LogP contribution in [0.25, 0.3) is 5.69 Å². The first kappa shape index (κ1) is 13.2. The van der Waals surface area contributed by atoms with Gasteiger partial charge in [0.15, 0.2) is 5.82 Å². The molecule has 6 heteroatoms. The molecule has 1 aromatic carbocycles. The predicted molar refractivity (Wildman–Crippen MR) is 76.5 cm³/mol. The van der Waals surface area contributed by atoms with Crippen LogP contribution in [0.5, 0.6) is 0 Å². The van der Waals surface area contributed by atoms with E-state index in [-0.39, 0.29) is 0 Å². The van der Waals surface area contributed by atoms with E-state index in [1.165, 1.54) is 0 Å². The number of likely N-dealkylation sites (N-methyl/N-ethyl adjacent to an activating group) is 1. The Hall–Kier alpha value is -1.79. The number of benzene rings is 1. The first-order valence-corrected chi connectivity index (χ1v) is 6.99. The number of rotatable bonds is 3. The fourth-order valence-corrected chi connectivity index (χ4v) is 2.67. The first-order valence-electron chi connectivity index (χ1n) is 6.99. The number of hydrogen-bond acceptors (Lipinski definition) is 5. The Labute approximate surface area is 119 Å². The molecule has 2 heterocycles. The molecular formula is C14H20N6. The van der Waals surface area contributed by atoms with Gasteiger partial charge in [-0.3, -0.25) is 4.90 Å². The number of hydrogen-bond donors (Lipinski definition) is 0. The molecule has 1 saturated heterocycles. The van der Waals surface area contributed by atoms with Gasteiger partial charge in [-0.2, -0.15) is 4.68 Å². The molecule has 0 spiro atoms. The predicted octanol–water partition coefficient (Wildman–Crippen LogP) is 0.798. The minimum absolute atomic E-state index is 0.523. The lowest BCUT2D eigenvalue weighted by atomic mass is 10.2. The van der Waals surface area contributed by atoms with Crippen molar-refractivity contribution in [3.63, 3.8) is 0 Å². The van der Waals surface area contributed by atoms with Crippen LogP contribution in [-0.4, -0.2) is 62.7 Å². The van der Waals surface area contributed by atoms with Gasteiger partial charge < -0.3 is 4.90 Å². The highest BCUT2D eigenvalue weighted by molar-refractivity contribution is 5.30. The van der Waals surface area contributed by atoms with Crippen molar-refractivity contribution in [1.82, 2.24) is 30.0 Å². The quantitative estimate of drug-likeness (QED) is 0.827. The summed E-state index contributed by atoms with van der Waals surface area (Å²) >= 11 is 0. The zero-order chi connectivity index (χ0) is 13.9. The lowest BCUT2D eigenvalue weighted by Crippen LogP contribution is -2.50. The maximum Gasteiger partial charge on any atom is 0.170 e. The molecule has 3 rings (SSSR count). The Morgan fingerprint density at radius 3 is 2.75 bits per heavy atom. The van der Waals surface area contributed by atoms with Gasteiger partial charge in [0, 0.05) is 25.7 Å². The summed E-state index contributed by atoms with van der Waals surface area (Å²) in [5.74, 6) is 0.896. The van der Waals surface area contributed by atoms with Crippen LogP contribution in [0, 0.1) is 0 Å². The van der Waals surface area contributed by atoms with Gasteiger partial charge in [0.05, 0.1) is 12.2 Å². The lowest BCUT2D eigenvalue weighted by Gasteiger charge is -2.37. The van der Waals surface area contributed by atoms with E-state index in [1.54, 1.807) is 0 Å². The molecule has 0 radical (unpaired) electrons.